The Morgan fingerprint density at radius 1 is 1.33 bits per heavy atom. The molecule has 0 fully saturated rings. The molecule has 1 nitrogen and oxygen atoms in total. The Balaban J connectivity index is 2.89. The molecule has 0 aliphatic carbocycles. The lowest BCUT2D eigenvalue weighted by atomic mass is 9.91. The smallest absolute Gasteiger partial charge is 0.126 e. The summed E-state index contributed by atoms with van der Waals surface area (Å²) in [6.45, 7) is 3.85. The van der Waals surface area contributed by atoms with Crippen molar-refractivity contribution in [1.82, 2.24) is 0 Å². The number of benzene rings is 1. The highest BCUT2D eigenvalue weighted by Gasteiger charge is 2.18. The first-order valence-electron chi connectivity index (χ1n) is 5.26. The second-order valence-corrected chi connectivity index (χ2v) is 3.91. The van der Waals surface area contributed by atoms with Crippen LogP contribution >= 0.6 is 0 Å². The van der Waals surface area contributed by atoms with Crippen molar-refractivity contribution in [3.8, 4) is 0 Å². The minimum absolute atomic E-state index is 0.119. The molecule has 0 radical (unpaired) electrons. The third-order valence-corrected chi connectivity index (χ3v) is 2.71. The van der Waals surface area contributed by atoms with Crippen LogP contribution in [0.15, 0.2) is 18.2 Å². The van der Waals surface area contributed by atoms with Gasteiger partial charge in [-0.2, -0.15) is 0 Å². The van der Waals surface area contributed by atoms with Crippen LogP contribution in [0, 0.1) is 11.6 Å². The van der Waals surface area contributed by atoms with Crippen LogP contribution in [0.4, 0.5) is 8.78 Å². The molecule has 1 rings (SSSR count). The molecule has 3 heteroatoms. The third kappa shape index (κ3) is 2.99. The molecule has 0 saturated heterocycles. The summed E-state index contributed by atoms with van der Waals surface area (Å²) in [5.41, 5.74) is 6.26. The van der Waals surface area contributed by atoms with Crippen LogP contribution < -0.4 is 5.73 Å². The Morgan fingerprint density at radius 3 is 2.60 bits per heavy atom. The van der Waals surface area contributed by atoms with Gasteiger partial charge in [0.1, 0.15) is 11.6 Å². The maximum atomic E-state index is 13.4. The van der Waals surface area contributed by atoms with Gasteiger partial charge in [0.05, 0.1) is 0 Å². The predicted octanol–water partition coefficient (Wildman–Crippen LogP) is 3.20. The molecular weight excluding hydrogens is 196 g/mol. The Bertz CT molecular complexity index is 325. The Morgan fingerprint density at radius 2 is 2.00 bits per heavy atom. The molecule has 0 bridgehead atoms. The van der Waals surface area contributed by atoms with Crippen LogP contribution in [-0.4, -0.2) is 6.04 Å². The van der Waals surface area contributed by atoms with Gasteiger partial charge in [0.2, 0.25) is 0 Å². The van der Waals surface area contributed by atoms with E-state index in [1.807, 2.05) is 13.8 Å². The number of hydrogen-bond acceptors (Lipinski definition) is 1. The average Bonchev–Trinajstić information content (AvgIpc) is 2.21. The summed E-state index contributed by atoms with van der Waals surface area (Å²) in [5, 5.41) is 0. The van der Waals surface area contributed by atoms with Crippen molar-refractivity contribution >= 4 is 0 Å². The minimum atomic E-state index is -0.415. The van der Waals surface area contributed by atoms with Crippen molar-refractivity contribution in [2.24, 2.45) is 5.73 Å². The van der Waals surface area contributed by atoms with Gasteiger partial charge in [0, 0.05) is 6.04 Å². The lowest BCUT2D eigenvalue weighted by molar-refractivity contribution is 0.492. The average molecular weight is 213 g/mol. The van der Waals surface area contributed by atoms with Crippen molar-refractivity contribution in [1.29, 1.82) is 0 Å². The van der Waals surface area contributed by atoms with E-state index in [0.29, 0.717) is 5.56 Å². The lowest BCUT2D eigenvalue weighted by Crippen LogP contribution is -2.27. The van der Waals surface area contributed by atoms with Crippen LogP contribution in [0.5, 0.6) is 0 Å². The molecule has 2 unspecified atom stereocenters. The van der Waals surface area contributed by atoms with Gasteiger partial charge in [0.15, 0.2) is 0 Å². The summed E-state index contributed by atoms with van der Waals surface area (Å²) in [7, 11) is 0. The molecule has 0 aliphatic rings. The molecule has 0 saturated carbocycles. The van der Waals surface area contributed by atoms with Gasteiger partial charge in [0.25, 0.3) is 0 Å². The zero-order valence-corrected chi connectivity index (χ0v) is 9.13. The highest BCUT2D eigenvalue weighted by atomic mass is 19.1. The molecule has 1 aromatic rings. The number of rotatable bonds is 4. The zero-order valence-electron chi connectivity index (χ0n) is 9.13. The quantitative estimate of drug-likeness (QED) is 0.816. The van der Waals surface area contributed by atoms with Crippen LogP contribution in [0.25, 0.3) is 0 Å². The second kappa shape index (κ2) is 5.21. The monoisotopic (exact) mass is 213 g/mol. The van der Waals surface area contributed by atoms with Crippen molar-refractivity contribution in [3.63, 3.8) is 0 Å². The fourth-order valence-electron chi connectivity index (χ4n) is 1.68. The van der Waals surface area contributed by atoms with Crippen molar-refractivity contribution in [2.45, 2.75) is 38.6 Å². The number of halogens is 2. The summed E-state index contributed by atoms with van der Waals surface area (Å²) in [4.78, 5) is 0. The Hall–Kier alpha value is -0.960. The highest BCUT2D eigenvalue weighted by molar-refractivity contribution is 5.23. The summed E-state index contributed by atoms with van der Waals surface area (Å²) in [6.07, 6.45) is 1.76. The van der Waals surface area contributed by atoms with Gasteiger partial charge in [-0.15, -0.1) is 0 Å². The summed E-state index contributed by atoms with van der Waals surface area (Å²) < 4.78 is 26.3. The molecule has 0 spiro atoms. The summed E-state index contributed by atoms with van der Waals surface area (Å²) in [5.74, 6) is -0.946. The Kier molecular flexibility index (Phi) is 4.21. The highest BCUT2D eigenvalue weighted by Crippen LogP contribution is 2.24. The van der Waals surface area contributed by atoms with Gasteiger partial charge in [-0.05, 0) is 36.1 Å². The molecule has 0 amide bonds. The standard InChI is InChI=1S/C12H17F2N/c1-3-4-12(15)8(2)10-7-9(13)5-6-11(10)14/h5-8,12H,3-4,15H2,1-2H3. The largest absolute Gasteiger partial charge is 0.327 e. The Labute approximate surface area is 89.3 Å². The molecule has 2 N–H and O–H groups in total. The van der Waals surface area contributed by atoms with E-state index in [9.17, 15) is 8.78 Å². The van der Waals surface area contributed by atoms with Gasteiger partial charge in [-0.1, -0.05) is 20.3 Å². The SMILES string of the molecule is CCCC(N)C(C)c1cc(F)ccc1F. The predicted molar refractivity (Wildman–Crippen MR) is 57.7 cm³/mol. The van der Waals surface area contributed by atoms with E-state index < -0.39 is 5.82 Å². The maximum Gasteiger partial charge on any atom is 0.126 e. The maximum absolute atomic E-state index is 13.4. The minimum Gasteiger partial charge on any atom is -0.327 e. The van der Waals surface area contributed by atoms with Crippen molar-refractivity contribution in [3.05, 3.63) is 35.4 Å². The lowest BCUT2D eigenvalue weighted by Gasteiger charge is -2.20. The van der Waals surface area contributed by atoms with E-state index in [1.165, 1.54) is 6.07 Å². The van der Waals surface area contributed by atoms with E-state index in [-0.39, 0.29) is 17.8 Å². The van der Waals surface area contributed by atoms with E-state index in [4.69, 9.17) is 5.73 Å². The topological polar surface area (TPSA) is 26.0 Å². The van der Waals surface area contributed by atoms with E-state index in [2.05, 4.69) is 0 Å². The van der Waals surface area contributed by atoms with Gasteiger partial charge in [-0.3, -0.25) is 0 Å². The normalized spacial score (nSPS) is 15.0. The fourth-order valence-corrected chi connectivity index (χ4v) is 1.68. The van der Waals surface area contributed by atoms with Gasteiger partial charge in [-0.25, -0.2) is 8.78 Å². The van der Waals surface area contributed by atoms with Crippen molar-refractivity contribution < 1.29 is 8.78 Å². The molecular formula is C12H17F2N. The van der Waals surface area contributed by atoms with Crippen molar-refractivity contribution in [2.75, 3.05) is 0 Å². The first kappa shape index (κ1) is 12.1. The zero-order chi connectivity index (χ0) is 11.4. The van der Waals surface area contributed by atoms with E-state index >= 15 is 0 Å². The third-order valence-electron chi connectivity index (χ3n) is 2.71. The van der Waals surface area contributed by atoms with Crippen LogP contribution in [0.2, 0.25) is 0 Å². The molecule has 1 aromatic carbocycles. The molecule has 15 heavy (non-hydrogen) atoms. The van der Waals surface area contributed by atoms with Crippen LogP contribution in [0.1, 0.15) is 38.2 Å². The summed E-state index contributed by atoms with van der Waals surface area (Å²) in [6, 6.07) is 3.39. The molecule has 84 valence electrons. The van der Waals surface area contributed by atoms with E-state index in [0.717, 1.165) is 25.0 Å². The molecule has 0 heterocycles. The number of hydrogen-bond donors (Lipinski definition) is 1. The van der Waals surface area contributed by atoms with Crippen LogP contribution in [-0.2, 0) is 0 Å². The second-order valence-electron chi connectivity index (χ2n) is 3.91. The first-order chi connectivity index (χ1) is 7.06. The first-order valence-corrected chi connectivity index (χ1v) is 5.26. The van der Waals surface area contributed by atoms with Crippen LogP contribution in [0.3, 0.4) is 0 Å². The molecule has 0 aliphatic heterocycles. The number of nitrogens with two attached hydrogens (primary N) is 1. The van der Waals surface area contributed by atoms with Gasteiger partial charge < -0.3 is 5.73 Å². The van der Waals surface area contributed by atoms with E-state index in [1.54, 1.807) is 0 Å². The molecule has 0 aromatic heterocycles. The molecule has 2 atom stereocenters. The fraction of sp³-hybridized carbons (Fsp3) is 0.500. The van der Waals surface area contributed by atoms with Gasteiger partial charge >= 0.3 is 0 Å². The summed E-state index contributed by atoms with van der Waals surface area (Å²) >= 11 is 0.